The number of hydrogen-bond acceptors (Lipinski definition) is 4. The molecule has 2 N–H and O–H groups in total. The highest BCUT2D eigenvalue weighted by molar-refractivity contribution is 7.80. The molecule has 0 unspecified atom stereocenters. The van der Waals surface area contributed by atoms with Crippen LogP contribution in [0.4, 0.5) is 5.69 Å². The van der Waals surface area contributed by atoms with Crippen LogP contribution in [0.1, 0.15) is 11.1 Å². The molecular formula is C18H28N4O2S. The minimum Gasteiger partial charge on any atom is -0.383 e. The summed E-state index contributed by atoms with van der Waals surface area (Å²) in [6, 6.07) is 6.26. The van der Waals surface area contributed by atoms with Gasteiger partial charge in [0.2, 0.25) is 5.91 Å². The third-order valence-electron chi connectivity index (χ3n) is 4.41. The molecule has 1 aromatic rings. The van der Waals surface area contributed by atoms with Crippen LogP contribution in [0.5, 0.6) is 0 Å². The van der Waals surface area contributed by atoms with E-state index in [1.165, 1.54) is 11.1 Å². The zero-order valence-electron chi connectivity index (χ0n) is 15.3. The Kier molecular flexibility index (Phi) is 7.61. The lowest BCUT2D eigenvalue weighted by atomic mass is 10.1. The standard InChI is InChI=1S/C18H28N4O2S/c1-14-4-5-16(12-15(14)2)20-18(25)22-9-7-21(8-10-22)13-17(23)19-6-11-24-3/h4-5,12H,6-11,13H2,1-3H3,(H,19,23)(H,20,25). The minimum atomic E-state index is 0.0429. The summed E-state index contributed by atoms with van der Waals surface area (Å²) in [6.07, 6.45) is 0. The van der Waals surface area contributed by atoms with Gasteiger partial charge < -0.3 is 20.3 Å². The van der Waals surface area contributed by atoms with Crippen molar-refractivity contribution in [3.63, 3.8) is 0 Å². The van der Waals surface area contributed by atoms with Gasteiger partial charge in [-0.25, -0.2) is 0 Å². The van der Waals surface area contributed by atoms with Crippen molar-refractivity contribution >= 4 is 28.9 Å². The topological polar surface area (TPSA) is 56.8 Å². The second-order valence-electron chi connectivity index (χ2n) is 6.34. The highest BCUT2D eigenvalue weighted by Crippen LogP contribution is 2.15. The Labute approximate surface area is 155 Å². The van der Waals surface area contributed by atoms with Crippen LogP contribution in [0, 0.1) is 13.8 Å². The van der Waals surface area contributed by atoms with Gasteiger partial charge in [0.25, 0.3) is 0 Å². The Hall–Kier alpha value is -1.70. The number of amides is 1. The molecule has 138 valence electrons. The fourth-order valence-electron chi connectivity index (χ4n) is 2.68. The third-order valence-corrected chi connectivity index (χ3v) is 4.77. The number of hydrogen-bond donors (Lipinski definition) is 2. The molecule has 6 nitrogen and oxygen atoms in total. The van der Waals surface area contributed by atoms with Gasteiger partial charge in [0, 0.05) is 45.5 Å². The van der Waals surface area contributed by atoms with Gasteiger partial charge in [0.05, 0.1) is 13.2 Å². The molecule has 1 aliphatic rings. The van der Waals surface area contributed by atoms with Crippen molar-refractivity contribution < 1.29 is 9.53 Å². The summed E-state index contributed by atoms with van der Waals surface area (Å²) in [4.78, 5) is 16.1. The molecule has 0 spiro atoms. The van der Waals surface area contributed by atoms with E-state index in [0.717, 1.165) is 37.0 Å². The Balaban J connectivity index is 1.74. The van der Waals surface area contributed by atoms with Crippen LogP contribution < -0.4 is 10.6 Å². The van der Waals surface area contributed by atoms with E-state index < -0.39 is 0 Å². The highest BCUT2D eigenvalue weighted by atomic mass is 32.1. The summed E-state index contributed by atoms with van der Waals surface area (Å²) in [5.74, 6) is 0.0429. The summed E-state index contributed by atoms with van der Waals surface area (Å²) >= 11 is 5.53. The molecule has 1 aliphatic heterocycles. The smallest absolute Gasteiger partial charge is 0.234 e. The molecule has 1 heterocycles. The normalized spacial score (nSPS) is 15.1. The lowest BCUT2D eigenvalue weighted by Gasteiger charge is -2.35. The maximum absolute atomic E-state index is 11.8. The quantitative estimate of drug-likeness (QED) is 0.588. The van der Waals surface area contributed by atoms with Crippen LogP contribution in [-0.2, 0) is 9.53 Å². The third kappa shape index (κ3) is 6.26. The van der Waals surface area contributed by atoms with Crippen LogP contribution in [0.2, 0.25) is 0 Å². The van der Waals surface area contributed by atoms with E-state index in [-0.39, 0.29) is 5.91 Å². The van der Waals surface area contributed by atoms with E-state index in [4.69, 9.17) is 17.0 Å². The second kappa shape index (κ2) is 9.70. The lowest BCUT2D eigenvalue weighted by molar-refractivity contribution is -0.122. The number of rotatable bonds is 6. The van der Waals surface area contributed by atoms with Gasteiger partial charge in [-0.2, -0.15) is 0 Å². The van der Waals surface area contributed by atoms with Gasteiger partial charge in [-0.05, 0) is 49.3 Å². The van der Waals surface area contributed by atoms with E-state index in [1.807, 2.05) is 0 Å². The molecule has 7 heteroatoms. The molecule has 1 aromatic carbocycles. The zero-order chi connectivity index (χ0) is 18.2. The van der Waals surface area contributed by atoms with Crippen molar-refractivity contribution in [1.82, 2.24) is 15.1 Å². The van der Waals surface area contributed by atoms with Gasteiger partial charge in [-0.1, -0.05) is 6.07 Å². The summed E-state index contributed by atoms with van der Waals surface area (Å²) in [5.41, 5.74) is 3.54. The van der Waals surface area contributed by atoms with Gasteiger partial charge in [-0.15, -0.1) is 0 Å². The number of methoxy groups -OCH3 is 1. The van der Waals surface area contributed by atoms with Crippen molar-refractivity contribution in [3.05, 3.63) is 29.3 Å². The fourth-order valence-corrected chi connectivity index (χ4v) is 2.98. The van der Waals surface area contributed by atoms with E-state index >= 15 is 0 Å². The molecule has 0 bridgehead atoms. The fraction of sp³-hybridized carbons (Fsp3) is 0.556. The Bertz CT molecular complexity index is 601. The van der Waals surface area contributed by atoms with Gasteiger partial charge in [0.1, 0.15) is 0 Å². The summed E-state index contributed by atoms with van der Waals surface area (Å²) in [6.45, 7) is 9.01. The predicted molar refractivity (Wildman–Crippen MR) is 105 cm³/mol. The summed E-state index contributed by atoms with van der Waals surface area (Å²) < 4.78 is 4.93. The number of aryl methyl sites for hydroxylation is 2. The first-order valence-corrected chi connectivity index (χ1v) is 9.01. The Morgan fingerprint density at radius 2 is 1.92 bits per heavy atom. The number of anilines is 1. The summed E-state index contributed by atoms with van der Waals surface area (Å²) in [7, 11) is 1.63. The molecule has 0 atom stereocenters. The van der Waals surface area contributed by atoms with Crippen molar-refractivity contribution in [2.24, 2.45) is 0 Å². The first-order chi connectivity index (χ1) is 12.0. The number of benzene rings is 1. The van der Waals surface area contributed by atoms with Crippen LogP contribution in [0.15, 0.2) is 18.2 Å². The average Bonchev–Trinajstić information content (AvgIpc) is 2.59. The zero-order valence-corrected chi connectivity index (χ0v) is 16.1. The second-order valence-corrected chi connectivity index (χ2v) is 6.72. The van der Waals surface area contributed by atoms with Gasteiger partial charge >= 0.3 is 0 Å². The number of carbonyl (C=O) groups is 1. The Morgan fingerprint density at radius 1 is 1.20 bits per heavy atom. The number of piperazine rings is 1. The van der Waals surface area contributed by atoms with Crippen molar-refractivity contribution in [2.45, 2.75) is 13.8 Å². The largest absolute Gasteiger partial charge is 0.383 e. The van der Waals surface area contributed by atoms with Crippen molar-refractivity contribution in [3.8, 4) is 0 Å². The maximum atomic E-state index is 11.8. The SMILES string of the molecule is COCCNC(=O)CN1CCN(C(=S)Nc2ccc(C)c(C)c2)CC1. The van der Waals surface area contributed by atoms with Crippen molar-refractivity contribution in [1.29, 1.82) is 0 Å². The van der Waals surface area contributed by atoms with Crippen LogP contribution >= 0.6 is 12.2 Å². The van der Waals surface area contributed by atoms with Crippen LogP contribution in [0.3, 0.4) is 0 Å². The number of carbonyl (C=O) groups excluding carboxylic acids is 1. The first-order valence-electron chi connectivity index (χ1n) is 8.61. The molecule has 1 amide bonds. The van der Waals surface area contributed by atoms with Crippen LogP contribution in [-0.4, -0.2) is 73.8 Å². The predicted octanol–water partition coefficient (Wildman–Crippen LogP) is 1.38. The number of ether oxygens (including phenoxy) is 1. The molecule has 25 heavy (non-hydrogen) atoms. The van der Waals surface area contributed by atoms with Gasteiger partial charge in [-0.3, -0.25) is 9.69 Å². The average molecular weight is 365 g/mol. The number of thiocarbonyl (C=S) groups is 1. The maximum Gasteiger partial charge on any atom is 0.234 e. The van der Waals surface area contributed by atoms with E-state index in [0.29, 0.717) is 19.7 Å². The Morgan fingerprint density at radius 3 is 2.56 bits per heavy atom. The van der Waals surface area contributed by atoms with Crippen molar-refractivity contribution in [2.75, 3.05) is 58.3 Å². The lowest BCUT2D eigenvalue weighted by Crippen LogP contribution is -2.52. The van der Waals surface area contributed by atoms with Gasteiger partial charge in [0.15, 0.2) is 5.11 Å². The first kappa shape index (κ1) is 19.6. The van der Waals surface area contributed by atoms with E-state index in [9.17, 15) is 4.79 Å². The summed E-state index contributed by atoms with van der Waals surface area (Å²) in [5, 5.41) is 6.91. The molecule has 0 aromatic heterocycles. The van der Waals surface area contributed by atoms with Crippen LogP contribution in [0.25, 0.3) is 0 Å². The molecule has 1 fully saturated rings. The minimum absolute atomic E-state index is 0.0429. The molecule has 1 saturated heterocycles. The van der Waals surface area contributed by atoms with E-state index in [2.05, 4.69) is 52.5 Å². The van der Waals surface area contributed by atoms with E-state index in [1.54, 1.807) is 7.11 Å². The molecule has 2 rings (SSSR count). The molecule has 0 aliphatic carbocycles. The monoisotopic (exact) mass is 364 g/mol. The molecular weight excluding hydrogens is 336 g/mol. The molecule has 0 radical (unpaired) electrons. The number of nitrogens with zero attached hydrogens (tertiary/aromatic N) is 2. The highest BCUT2D eigenvalue weighted by Gasteiger charge is 2.20. The molecule has 0 saturated carbocycles. The number of nitrogens with one attached hydrogen (secondary N) is 2.